The molecule has 0 saturated heterocycles. The van der Waals surface area contributed by atoms with Gasteiger partial charge >= 0.3 is 6.09 Å². The summed E-state index contributed by atoms with van der Waals surface area (Å²) in [6.45, 7) is 7.43. The maximum atomic E-state index is 11.6. The third-order valence-electron chi connectivity index (χ3n) is 2.48. The average molecular weight is 293 g/mol. The van der Waals surface area contributed by atoms with E-state index in [2.05, 4.69) is 10.6 Å². The molecule has 0 heterocycles. The fourth-order valence-corrected chi connectivity index (χ4v) is 1.48. The highest BCUT2D eigenvalue weighted by Crippen LogP contribution is 2.12. The van der Waals surface area contributed by atoms with Gasteiger partial charge in [-0.05, 0) is 45.4 Å². The smallest absolute Gasteiger partial charge is 0.412 e. The number of hydrogen-bond donors (Lipinski definition) is 3. The van der Waals surface area contributed by atoms with Crippen LogP contribution in [0.25, 0.3) is 0 Å². The molecule has 116 valence electrons. The Morgan fingerprint density at radius 2 is 1.81 bits per heavy atom. The van der Waals surface area contributed by atoms with E-state index in [1.54, 1.807) is 39.8 Å². The number of anilines is 1. The van der Waals surface area contributed by atoms with E-state index < -0.39 is 17.7 Å². The third kappa shape index (κ3) is 6.76. The van der Waals surface area contributed by atoms with E-state index in [0.29, 0.717) is 12.2 Å². The standard InChI is InChI=1S/C15H23N3O3/c1-10(16)13(19)17-9-11-5-7-12(8-6-11)18-14(20)21-15(2,3)4/h5-8,10H,9,16H2,1-4H3,(H,17,19)(H,18,20)/t10-/m0/s1. The van der Waals surface area contributed by atoms with Gasteiger partial charge in [0.1, 0.15) is 5.60 Å². The number of amides is 2. The van der Waals surface area contributed by atoms with Crippen molar-refractivity contribution in [2.75, 3.05) is 5.32 Å². The van der Waals surface area contributed by atoms with Crippen molar-refractivity contribution in [1.29, 1.82) is 0 Å². The van der Waals surface area contributed by atoms with Gasteiger partial charge in [0.05, 0.1) is 6.04 Å². The van der Waals surface area contributed by atoms with E-state index in [-0.39, 0.29) is 5.91 Å². The van der Waals surface area contributed by atoms with Crippen molar-refractivity contribution >= 4 is 17.7 Å². The molecule has 1 aromatic carbocycles. The Hall–Kier alpha value is -2.08. The van der Waals surface area contributed by atoms with Gasteiger partial charge in [-0.15, -0.1) is 0 Å². The second kappa shape index (κ2) is 7.08. The lowest BCUT2D eigenvalue weighted by Crippen LogP contribution is -2.37. The Morgan fingerprint density at radius 1 is 1.24 bits per heavy atom. The molecule has 0 fully saturated rings. The SMILES string of the molecule is C[C@H](N)C(=O)NCc1ccc(NC(=O)OC(C)(C)C)cc1. The fraction of sp³-hybridized carbons (Fsp3) is 0.467. The highest BCUT2D eigenvalue weighted by Gasteiger charge is 2.16. The molecule has 4 N–H and O–H groups in total. The fourth-order valence-electron chi connectivity index (χ4n) is 1.48. The summed E-state index contributed by atoms with van der Waals surface area (Å²) >= 11 is 0. The molecule has 1 atom stereocenters. The molecule has 0 aromatic heterocycles. The van der Waals surface area contributed by atoms with Crippen LogP contribution in [0.4, 0.5) is 10.5 Å². The van der Waals surface area contributed by atoms with Crippen LogP contribution in [-0.4, -0.2) is 23.6 Å². The minimum absolute atomic E-state index is 0.203. The first-order valence-corrected chi connectivity index (χ1v) is 6.79. The Bertz CT molecular complexity index is 490. The lowest BCUT2D eigenvalue weighted by atomic mass is 10.2. The van der Waals surface area contributed by atoms with Gasteiger partial charge in [-0.2, -0.15) is 0 Å². The van der Waals surface area contributed by atoms with Crippen LogP contribution >= 0.6 is 0 Å². The van der Waals surface area contributed by atoms with Gasteiger partial charge in [0, 0.05) is 12.2 Å². The van der Waals surface area contributed by atoms with Gasteiger partial charge in [-0.3, -0.25) is 10.1 Å². The second-order valence-electron chi connectivity index (χ2n) is 5.83. The van der Waals surface area contributed by atoms with E-state index in [0.717, 1.165) is 5.56 Å². The number of nitrogens with two attached hydrogens (primary N) is 1. The maximum absolute atomic E-state index is 11.6. The van der Waals surface area contributed by atoms with Crippen LogP contribution in [0, 0.1) is 0 Å². The monoisotopic (exact) mass is 293 g/mol. The molecule has 0 unspecified atom stereocenters. The first kappa shape index (κ1) is 17.0. The Morgan fingerprint density at radius 3 is 2.29 bits per heavy atom. The summed E-state index contributed by atoms with van der Waals surface area (Å²) in [7, 11) is 0. The largest absolute Gasteiger partial charge is 0.444 e. The van der Waals surface area contributed by atoms with E-state index in [1.807, 2.05) is 12.1 Å². The third-order valence-corrected chi connectivity index (χ3v) is 2.48. The van der Waals surface area contributed by atoms with Crippen molar-refractivity contribution in [2.45, 2.75) is 45.9 Å². The molecule has 0 aliphatic carbocycles. The number of benzene rings is 1. The van der Waals surface area contributed by atoms with Gasteiger partial charge in [-0.1, -0.05) is 12.1 Å². The zero-order valence-corrected chi connectivity index (χ0v) is 12.9. The minimum atomic E-state index is -0.535. The zero-order chi connectivity index (χ0) is 16.0. The summed E-state index contributed by atoms with van der Waals surface area (Å²) < 4.78 is 5.16. The Labute approximate surface area is 125 Å². The lowest BCUT2D eigenvalue weighted by molar-refractivity contribution is -0.122. The molecule has 1 rings (SSSR count). The van der Waals surface area contributed by atoms with Crippen molar-refractivity contribution < 1.29 is 14.3 Å². The van der Waals surface area contributed by atoms with Crippen molar-refractivity contribution in [3.8, 4) is 0 Å². The van der Waals surface area contributed by atoms with Crippen molar-refractivity contribution in [1.82, 2.24) is 5.32 Å². The van der Waals surface area contributed by atoms with Gasteiger partial charge in [-0.25, -0.2) is 4.79 Å². The average Bonchev–Trinajstić information content (AvgIpc) is 2.35. The number of carbonyl (C=O) groups excluding carboxylic acids is 2. The van der Waals surface area contributed by atoms with Gasteiger partial charge < -0.3 is 15.8 Å². The first-order valence-electron chi connectivity index (χ1n) is 6.79. The van der Waals surface area contributed by atoms with Crippen LogP contribution in [0.2, 0.25) is 0 Å². The summed E-state index contributed by atoms with van der Waals surface area (Å²) in [5.74, 6) is -0.203. The van der Waals surface area contributed by atoms with E-state index in [1.165, 1.54) is 0 Å². The van der Waals surface area contributed by atoms with Gasteiger partial charge in [0.2, 0.25) is 5.91 Å². The topological polar surface area (TPSA) is 93.5 Å². The van der Waals surface area contributed by atoms with Crippen molar-refractivity contribution in [3.63, 3.8) is 0 Å². The van der Waals surface area contributed by atoms with Crippen LogP contribution in [-0.2, 0) is 16.1 Å². The zero-order valence-electron chi connectivity index (χ0n) is 12.9. The highest BCUT2D eigenvalue weighted by molar-refractivity contribution is 5.84. The van der Waals surface area contributed by atoms with Gasteiger partial charge in [0.15, 0.2) is 0 Å². The van der Waals surface area contributed by atoms with E-state index in [4.69, 9.17) is 10.5 Å². The summed E-state index contributed by atoms with van der Waals surface area (Å²) in [4.78, 5) is 23.0. The van der Waals surface area contributed by atoms with Crippen LogP contribution in [0.1, 0.15) is 33.3 Å². The van der Waals surface area contributed by atoms with Crippen molar-refractivity contribution in [2.24, 2.45) is 5.73 Å². The number of hydrogen-bond acceptors (Lipinski definition) is 4. The Kier molecular flexibility index (Phi) is 5.72. The van der Waals surface area contributed by atoms with E-state index in [9.17, 15) is 9.59 Å². The lowest BCUT2D eigenvalue weighted by Gasteiger charge is -2.19. The molecule has 0 bridgehead atoms. The van der Waals surface area contributed by atoms with Crippen LogP contribution < -0.4 is 16.4 Å². The quantitative estimate of drug-likeness (QED) is 0.791. The second-order valence-corrected chi connectivity index (χ2v) is 5.83. The molecule has 6 nitrogen and oxygen atoms in total. The molecule has 0 aliphatic heterocycles. The highest BCUT2D eigenvalue weighted by atomic mass is 16.6. The molecule has 0 aliphatic rings. The number of rotatable bonds is 4. The summed E-state index contributed by atoms with van der Waals surface area (Å²) in [5, 5.41) is 5.35. The molecule has 21 heavy (non-hydrogen) atoms. The molecule has 0 radical (unpaired) electrons. The summed E-state index contributed by atoms with van der Waals surface area (Å²) in [5.41, 5.74) is 6.47. The Balaban J connectivity index is 2.51. The number of ether oxygens (including phenoxy) is 1. The summed E-state index contributed by atoms with van der Waals surface area (Å²) in [6, 6.07) is 6.59. The predicted molar refractivity (Wildman–Crippen MR) is 81.8 cm³/mol. The minimum Gasteiger partial charge on any atom is -0.444 e. The van der Waals surface area contributed by atoms with Crippen LogP contribution in [0.3, 0.4) is 0 Å². The molecule has 0 spiro atoms. The number of carbonyl (C=O) groups is 2. The first-order chi connectivity index (χ1) is 9.67. The molecule has 0 saturated carbocycles. The van der Waals surface area contributed by atoms with Crippen molar-refractivity contribution in [3.05, 3.63) is 29.8 Å². The molecule has 1 aromatic rings. The predicted octanol–water partition coefficient (Wildman–Crippen LogP) is 2.00. The van der Waals surface area contributed by atoms with E-state index >= 15 is 0 Å². The molecule has 6 heteroatoms. The molecular weight excluding hydrogens is 270 g/mol. The van der Waals surface area contributed by atoms with Gasteiger partial charge in [0.25, 0.3) is 0 Å². The maximum Gasteiger partial charge on any atom is 0.412 e. The van der Waals surface area contributed by atoms with Crippen LogP contribution in [0.5, 0.6) is 0 Å². The molecule has 2 amide bonds. The van der Waals surface area contributed by atoms with Crippen LogP contribution in [0.15, 0.2) is 24.3 Å². The summed E-state index contributed by atoms with van der Waals surface area (Å²) in [6.07, 6.45) is -0.500. The molecular formula is C15H23N3O3. The number of nitrogens with one attached hydrogen (secondary N) is 2. The normalized spacial score (nSPS) is 12.4.